The Kier molecular flexibility index (Phi) is 6.80. The van der Waals surface area contributed by atoms with Gasteiger partial charge in [-0.1, -0.05) is 12.1 Å². The van der Waals surface area contributed by atoms with Gasteiger partial charge in [-0.2, -0.15) is 4.73 Å². The molecule has 1 aromatic rings. The molecule has 8 nitrogen and oxygen atoms in total. The van der Waals surface area contributed by atoms with Crippen molar-refractivity contribution in [1.82, 2.24) is 20.3 Å². The van der Waals surface area contributed by atoms with E-state index in [0.29, 0.717) is 11.6 Å². The standard InChI is InChI=1S/C20H27N7O/c1-28-27-14-15(16(10-21)11-22)4-3-8-23-13-19(27)18-5-2-6-20(26-18)25-17-7-9-24-12-17/h2-4,6,8,10-11,13-14,17-18,21,24H,5,7,9,12,22H2,1H3,(H,25,26)/b4-3?,15-14?,16-11+,19-13?,21-10?,23-8?. The number of aliphatic imine (C=N–C) groups is 1. The van der Waals surface area contributed by atoms with Crippen LogP contribution in [0.5, 0.6) is 0 Å². The fraction of sp³-hybridized carbons (Fsp3) is 0.350. The molecule has 0 aliphatic carbocycles. The molecule has 8 heteroatoms. The number of nitrogens with one attached hydrogen (secondary N) is 3. The minimum absolute atomic E-state index is 0.139. The summed E-state index contributed by atoms with van der Waals surface area (Å²) in [6, 6.07) is 3.89. The molecule has 0 bridgehead atoms. The number of hydrogen-bond donors (Lipinski definition) is 4. The summed E-state index contributed by atoms with van der Waals surface area (Å²) in [6.45, 7) is 1.98. The molecule has 0 radical (unpaired) electrons. The lowest BCUT2D eigenvalue weighted by Crippen LogP contribution is -2.36. The van der Waals surface area contributed by atoms with Gasteiger partial charge < -0.3 is 26.6 Å². The van der Waals surface area contributed by atoms with Crippen molar-refractivity contribution in [1.29, 1.82) is 5.41 Å². The van der Waals surface area contributed by atoms with Gasteiger partial charge in [-0.15, -0.1) is 0 Å². The van der Waals surface area contributed by atoms with Gasteiger partial charge in [-0.3, -0.25) is 9.98 Å². The summed E-state index contributed by atoms with van der Waals surface area (Å²) >= 11 is 0. The number of nitrogens with zero attached hydrogens (tertiary/aromatic N) is 3. The number of nitrogens with two attached hydrogens (primary N) is 1. The normalized spacial score (nSPS) is 21.6. The van der Waals surface area contributed by atoms with Crippen LogP contribution in [0, 0.1) is 5.41 Å². The Hall–Kier alpha value is -3.13. The second-order valence-corrected chi connectivity index (χ2v) is 6.57. The van der Waals surface area contributed by atoms with Gasteiger partial charge in [0.1, 0.15) is 19.0 Å². The van der Waals surface area contributed by atoms with Crippen molar-refractivity contribution in [2.24, 2.45) is 10.7 Å². The third-order valence-electron chi connectivity index (χ3n) is 4.71. The highest BCUT2D eigenvalue weighted by Gasteiger charge is 2.20. The van der Waals surface area contributed by atoms with Crippen LogP contribution >= 0.6 is 0 Å². The zero-order valence-electron chi connectivity index (χ0n) is 16.0. The van der Waals surface area contributed by atoms with Crippen LogP contribution in [0.3, 0.4) is 0 Å². The molecule has 1 fully saturated rings. The van der Waals surface area contributed by atoms with Gasteiger partial charge in [0.15, 0.2) is 0 Å². The van der Waals surface area contributed by atoms with Crippen LogP contribution in [0.1, 0.15) is 30.1 Å². The van der Waals surface area contributed by atoms with Gasteiger partial charge in [0.2, 0.25) is 0 Å². The van der Waals surface area contributed by atoms with E-state index in [9.17, 15) is 0 Å². The summed E-state index contributed by atoms with van der Waals surface area (Å²) in [4.78, 5) is 14.8. The van der Waals surface area contributed by atoms with Crippen LogP contribution in [-0.2, 0) is 0 Å². The molecule has 1 saturated heterocycles. The summed E-state index contributed by atoms with van der Waals surface area (Å²) in [7, 11) is 1.59. The minimum atomic E-state index is -0.139. The SMILES string of the molecule is COn1cc(/C(C=N)=C/N)cccncc1C1CC=CC(NC2CCNC2)=N1. The Labute approximate surface area is 165 Å². The number of aromatic nitrogens is 2. The van der Waals surface area contributed by atoms with Crippen LogP contribution in [-0.4, -0.2) is 48.0 Å². The lowest BCUT2D eigenvalue weighted by molar-refractivity contribution is 0.153. The number of hydrogen-bond acceptors (Lipinski definition) is 7. The third kappa shape index (κ3) is 4.77. The highest BCUT2D eigenvalue weighted by atomic mass is 16.6. The topological polar surface area (TPSA) is 113 Å². The maximum atomic E-state index is 7.58. The summed E-state index contributed by atoms with van der Waals surface area (Å²) < 4.78 is 1.64. The van der Waals surface area contributed by atoms with Crippen molar-refractivity contribution in [3.63, 3.8) is 0 Å². The summed E-state index contributed by atoms with van der Waals surface area (Å²) in [5.41, 5.74) is 7.78. The molecular weight excluding hydrogens is 354 g/mol. The fourth-order valence-electron chi connectivity index (χ4n) is 3.24. The fourth-order valence-corrected chi connectivity index (χ4v) is 3.24. The quantitative estimate of drug-likeness (QED) is 0.575. The molecule has 2 atom stereocenters. The lowest BCUT2D eigenvalue weighted by atomic mass is 10.1. The Balaban J connectivity index is 1.99. The molecule has 148 valence electrons. The van der Waals surface area contributed by atoms with Crippen molar-refractivity contribution < 1.29 is 4.84 Å². The molecule has 2 aliphatic heterocycles. The molecule has 0 amide bonds. The van der Waals surface area contributed by atoms with E-state index in [4.69, 9.17) is 21.0 Å². The van der Waals surface area contributed by atoms with E-state index in [1.54, 1.807) is 36.5 Å². The monoisotopic (exact) mass is 381 g/mol. The highest BCUT2D eigenvalue weighted by Crippen LogP contribution is 2.24. The zero-order valence-corrected chi connectivity index (χ0v) is 16.0. The Bertz CT molecular complexity index is 833. The molecule has 3 heterocycles. The van der Waals surface area contributed by atoms with E-state index in [1.165, 1.54) is 12.4 Å². The lowest BCUT2D eigenvalue weighted by Gasteiger charge is -2.21. The molecule has 1 aromatic heterocycles. The molecule has 5 N–H and O–H groups in total. The second kappa shape index (κ2) is 9.70. The molecule has 2 unspecified atom stereocenters. The number of allylic oxidation sites excluding steroid dienone is 1. The van der Waals surface area contributed by atoms with Crippen molar-refractivity contribution in [3.8, 4) is 0 Å². The third-order valence-corrected chi connectivity index (χ3v) is 4.71. The number of amidine groups is 1. The molecule has 3 rings (SSSR count). The van der Waals surface area contributed by atoms with Crippen LogP contribution < -0.4 is 21.2 Å². The first-order valence-corrected chi connectivity index (χ1v) is 9.34. The Morgan fingerprint density at radius 2 is 2.39 bits per heavy atom. The van der Waals surface area contributed by atoms with Gasteiger partial charge >= 0.3 is 0 Å². The van der Waals surface area contributed by atoms with Crippen LogP contribution in [0.15, 0.2) is 54.1 Å². The molecule has 0 spiro atoms. The highest BCUT2D eigenvalue weighted by molar-refractivity contribution is 6.07. The summed E-state index contributed by atoms with van der Waals surface area (Å²) in [6.07, 6.45) is 13.8. The average molecular weight is 381 g/mol. The predicted molar refractivity (Wildman–Crippen MR) is 112 cm³/mol. The van der Waals surface area contributed by atoms with Gasteiger partial charge in [-0.25, -0.2) is 0 Å². The first-order chi connectivity index (χ1) is 13.7. The van der Waals surface area contributed by atoms with E-state index in [-0.39, 0.29) is 6.04 Å². The van der Waals surface area contributed by atoms with Crippen molar-refractivity contribution in [2.45, 2.75) is 24.9 Å². The first-order valence-electron chi connectivity index (χ1n) is 9.34. The largest absolute Gasteiger partial charge is 0.417 e. The van der Waals surface area contributed by atoms with Gasteiger partial charge in [0.05, 0.1) is 18.1 Å². The number of dihydropyridines is 1. The van der Waals surface area contributed by atoms with E-state index in [0.717, 1.165) is 43.0 Å². The van der Waals surface area contributed by atoms with Crippen molar-refractivity contribution >= 4 is 17.6 Å². The van der Waals surface area contributed by atoms with Crippen LogP contribution in [0.2, 0.25) is 0 Å². The molecule has 28 heavy (non-hydrogen) atoms. The Morgan fingerprint density at radius 3 is 3.11 bits per heavy atom. The average Bonchev–Trinajstić information content (AvgIpc) is 3.25. The number of rotatable bonds is 5. The smallest absolute Gasteiger partial charge is 0.121 e. The van der Waals surface area contributed by atoms with E-state index in [1.807, 2.05) is 12.1 Å². The second-order valence-electron chi connectivity index (χ2n) is 6.57. The molecule has 0 aromatic carbocycles. The zero-order chi connectivity index (χ0) is 19.8. The first kappa shape index (κ1) is 19.6. The van der Waals surface area contributed by atoms with E-state index >= 15 is 0 Å². The minimum Gasteiger partial charge on any atom is -0.417 e. The molecule has 0 saturated carbocycles. The van der Waals surface area contributed by atoms with E-state index < -0.39 is 0 Å². The van der Waals surface area contributed by atoms with Crippen molar-refractivity contribution in [3.05, 3.63) is 60.3 Å². The predicted octanol–water partition coefficient (Wildman–Crippen LogP) is 1.37. The van der Waals surface area contributed by atoms with Crippen molar-refractivity contribution in [2.75, 3.05) is 20.2 Å². The summed E-state index contributed by atoms with van der Waals surface area (Å²) in [5, 5.41) is 14.4. The van der Waals surface area contributed by atoms with Crippen LogP contribution in [0.25, 0.3) is 5.57 Å². The van der Waals surface area contributed by atoms with Crippen LogP contribution in [0.4, 0.5) is 0 Å². The van der Waals surface area contributed by atoms with Gasteiger partial charge in [0, 0.05) is 42.3 Å². The molecular formula is C20H27N7O. The van der Waals surface area contributed by atoms with Gasteiger partial charge in [-0.05, 0) is 31.5 Å². The van der Waals surface area contributed by atoms with E-state index in [2.05, 4.69) is 21.7 Å². The maximum absolute atomic E-state index is 7.58. The maximum Gasteiger partial charge on any atom is 0.121 e. The Morgan fingerprint density at radius 1 is 1.50 bits per heavy atom. The summed E-state index contributed by atoms with van der Waals surface area (Å²) in [5.74, 6) is 0.870. The molecule has 2 aliphatic rings. The van der Waals surface area contributed by atoms with Gasteiger partial charge in [0.25, 0.3) is 0 Å².